The van der Waals surface area contributed by atoms with Crippen LogP contribution < -0.4 is 0 Å². The highest BCUT2D eigenvalue weighted by atomic mass is 16.5. The lowest BCUT2D eigenvalue weighted by Gasteiger charge is -2.45. The van der Waals surface area contributed by atoms with Gasteiger partial charge >= 0.3 is 11.9 Å². The fourth-order valence-electron chi connectivity index (χ4n) is 4.41. The number of esters is 2. The number of ether oxygens (including phenoxy) is 2. The van der Waals surface area contributed by atoms with Crippen LogP contribution in [-0.2, 0) is 35.2 Å². The summed E-state index contributed by atoms with van der Waals surface area (Å²) in [5, 5.41) is 0. The maximum absolute atomic E-state index is 14.1. The van der Waals surface area contributed by atoms with Crippen LogP contribution in [0, 0.1) is 5.41 Å². The molecule has 2 aromatic carbocycles. The van der Waals surface area contributed by atoms with Gasteiger partial charge in [0.15, 0.2) is 5.78 Å². The van der Waals surface area contributed by atoms with E-state index in [1.54, 1.807) is 4.90 Å². The van der Waals surface area contributed by atoms with Crippen LogP contribution in [0.4, 0.5) is 0 Å². The summed E-state index contributed by atoms with van der Waals surface area (Å²) >= 11 is 0. The Morgan fingerprint density at radius 2 is 1.39 bits per heavy atom. The molecule has 1 aliphatic heterocycles. The van der Waals surface area contributed by atoms with Crippen LogP contribution in [-0.4, -0.2) is 42.7 Å². The third-order valence-electron chi connectivity index (χ3n) is 6.27. The maximum atomic E-state index is 14.1. The van der Waals surface area contributed by atoms with Gasteiger partial charge in [-0.2, -0.15) is 0 Å². The topological polar surface area (TPSA) is 90.0 Å². The molecule has 0 aliphatic carbocycles. The molecule has 1 amide bonds. The summed E-state index contributed by atoms with van der Waals surface area (Å²) in [7, 11) is 2.57. The van der Waals surface area contributed by atoms with E-state index in [1.165, 1.54) is 14.2 Å². The fraction of sp³-hybridized carbons (Fsp3) is 0.385. The second-order valence-electron chi connectivity index (χ2n) is 8.29. The van der Waals surface area contributed by atoms with E-state index in [-0.39, 0.29) is 50.3 Å². The van der Waals surface area contributed by atoms with Gasteiger partial charge in [0.2, 0.25) is 5.91 Å². The van der Waals surface area contributed by atoms with Crippen LogP contribution in [0.3, 0.4) is 0 Å². The van der Waals surface area contributed by atoms with Gasteiger partial charge in [-0.15, -0.1) is 0 Å². The van der Waals surface area contributed by atoms with Crippen LogP contribution >= 0.6 is 0 Å². The molecule has 0 bridgehead atoms. The van der Waals surface area contributed by atoms with Crippen LogP contribution in [0.15, 0.2) is 60.7 Å². The molecule has 1 unspecified atom stereocenters. The lowest BCUT2D eigenvalue weighted by Crippen LogP contribution is -2.53. The number of hydrogen-bond donors (Lipinski definition) is 0. The van der Waals surface area contributed by atoms with Crippen LogP contribution in [0.1, 0.15) is 49.3 Å². The average molecular weight is 452 g/mol. The number of Topliss-reactive ketones (excluding diaryl/α,β-unsaturated/α-hetero) is 1. The Morgan fingerprint density at radius 1 is 0.879 bits per heavy atom. The number of amides is 1. The Morgan fingerprint density at radius 3 is 1.91 bits per heavy atom. The summed E-state index contributed by atoms with van der Waals surface area (Å²) in [6.07, 6.45) is 0.150. The molecule has 1 fully saturated rings. The predicted molar refractivity (Wildman–Crippen MR) is 121 cm³/mol. The SMILES string of the molecule is COC(=O)CCC1(CCC(=O)OC)CC(=O)N(Cc2ccccc2)C(c2ccccc2)C1=O. The van der Waals surface area contributed by atoms with Gasteiger partial charge < -0.3 is 14.4 Å². The summed E-state index contributed by atoms with van der Waals surface area (Å²) in [5.74, 6) is -1.29. The van der Waals surface area contributed by atoms with E-state index < -0.39 is 23.4 Å². The quantitative estimate of drug-likeness (QED) is 0.541. The second kappa shape index (κ2) is 10.9. The molecule has 1 aliphatic rings. The Bertz CT molecular complexity index is 968. The molecule has 0 spiro atoms. The zero-order chi connectivity index (χ0) is 23.8. The lowest BCUT2D eigenvalue weighted by atomic mass is 9.66. The number of piperidine rings is 1. The lowest BCUT2D eigenvalue weighted by molar-refractivity contribution is -0.159. The molecular formula is C26H29NO6. The Hall–Kier alpha value is -3.48. The molecule has 1 saturated heterocycles. The Kier molecular flexibility index (Phi) is 7.98. The summed E-state index contributed by atoms with van der Waals surface area (Å²) in [4.78, 5) is 53.0. The third kappa shape index (κ3) is 5.66. The highest BCUT2D eigenvalue weighted by Crippen LogP contribution is 2.46. The van der Waals surface area contributed by atoms with E-state index in [2.05, 4.69) is 0 Å². The number of rotatable bonds is 9. The van der Waals surface area contributed by atoms with Gasteiger partial charge in [0.25, 0.3) is 0 Å². The molecule has 3 rings (SSSR count). The highest BCUT2D eigenvalue weighted by Gasteiger charge is 2.51. The first-order chi connectivity index (χ1) is 15.9. The van der Waals surface area contributed by atoms with Crippen molar-refractivity contribution in [3.63, 3.8) is 0 Å². The molecule has 33 heavy (non-hydrogen) atoms. The van der Waals surface area contributed by atoms with E-state index in [9.17, 15) is 19.2 Å². The van der Waals surface area contributed by atoms with Gasteiger partial charge in [-0.3, -0.25) is 19.2 Å². The number of carbonyl (C=O) groups is 4. The molecule has 2 aromatic rings. The molecule has 0 N–H and O–H groups in total. The number of methoxy groups -OCH3 is 2. The minimum Gasteiger partial charge on any atom is -0.469 e. The van der Waals surface area contributed by atoms with Crippen LogP contribution in [0.5, 0.6) is 0 Å². The number of carbonyl (C=O) groups excluding carboxylic acids is 4. The number of nitrogens with zero attached hydrogens (tertiary/aromatic N) is 1. The van der Waals surface area contributed by atoms with Gasteiger partial charge in [-0.1, -0.05) is 60.7 Å². The van der Waals surface area contributed by atoms with Crippen molar-refractivity contribution in [2.45, 2.75) is 44.7 Å². The van der Waals surface area contributed by atoms with Crippen LogP contribution in [0.2, 0.25) is 0 Å². The van der Waals surface area contributed by atoms with E-state index in [0.29, 0.717) is 5.56 Å². The number of hydrogen-bond acceptors (Lipinski definition) is 6. The zero-order valence-corrected chi connectivity index (χ0v) is 19.0. The second-order valence-corrected chi connectivity index (χ2v) is 8.29. The summed E-state index contributed by atoms with van der Waals surface area (Å²) in [6, 6.07) is 17.8. The van der Waals surface area contributed by atoms with E-state index in [1.807, 2.05) is 60.7 Å². The summed E-state index contributed by atoms with van der Waals surface area (Å²) in [6.45, 7) is 0.287. The van der Waals surface area contributed by atoms with Gasteiger partial charge in [0.1, 0.15) is 6.04 Å². The van der Waals surface area contributed by atoms with Crippen molar-refractivity contribution in [3.8, 4) is 0 Å². The van der Waals surface area contributed by atoms with Gasteiger partial charge in [0.05, 0.1) is 14.2 Å². The number of benzene rings is 2. The maximum Gasteiger partial charge on any atom is 0.305 e. The van der Waals surface area contributed by atoms with Crippen molar-refractivity contribution >= 4 is 23.6 Å². The van der Waals surface area contributed by atoms with Crippen molar-refractivity contribution < 1.29 is 28.7 Å². The normalized spacial score (nSPS) is 17.5. The van der Waals surface area contributed by atoms with Crippen LogP contribution in [0.25, 0.3) is 0 Å². The standard InChI is InChI=1S/C26H29NO6/c1-32-22(29)13-15-26(16-14-23(30)33-2)17-21(28)27(18-19-9-5-3-6-10-19)24(25(26)31)20-11-7-4-8-12-20/h3-12,24H,13-18H2,1-2H3. The average Bonchev–Trinajstić information content (AvgIpc) is 2.85. The third-order valence-corrected chi connectivity index (χ3v) is 6.27. The predicted octanol–water partition coefficient (Wildman–Crippen LogP) is 3.62. The molecule has 7 nitrogen and oxygen atoms in total. The molecule has 0 radical (unpaired) electrons. The minimum absolute atomic E-state index is 0.0170. The van der Waals surface area contributed by atoms with Crippen molar-refractivity contribution in [1.29, 1.82) is 0 Å². The van der Waals surface area contributed by atoms with Gasteiger partial charge in [0, 0.05) is 31.2 Å². The highest BCUT2D eigenvalue weighted by molar-refractivity contribution is 6.01. The van der Waals surface area contributed by atoms with Crippen molar-refractivity contribution in [2.24, 2.45) is 5.41 Å². The van der Waals surface area contributed by atoms with Crippen molar-refractivity contribution in [3.05, 3.63) is 71.8 Å². The van der Waals surface area contributed by atoms with Gasteiger partial charge in [-0.25, -0.2) is 0 Å². The monoisotopic (exact) mass is 451 g/mol. The van der Waals surface area contributed by atoms with E-state index in [4.69, 9.17) is 9.47 Å². The smallest absolute Gasteiger partial charge is 0.305 e. The summed E-state index contributed by atoms with van der Waals surface area (Å²) in [5.41, 5.74) is 0.455. The first-order valence-corrected chi connectivity index (χ1v) is 11.0. The molecule has 7 heteroatoms. The Labute approximate surface area is 193 Å². The zero-order valence-electron chi connectivity index (χ0n) is 19.0. The molecule has 1 atom stereocenters. The van der Waals surface area contributed by atoms with E-state index in [0.717, 1.165) is 5.56 Å². The van der Waals surface area contributed by atoms with Crippen molar-refractivity contribution in [2.75, 3.05) is 14.2 Å². The molecule has 0 saturated carbocycles. The first kappa shape index (κ1) is 24.2. The minimum atomic E-state index is -1.16. The number of ketones is 1. The molecule has 0 aromatic heterocycles. The first-order valence-electron chi connectivity index (χ1n) is 11.0. The molecule has 174 valence electrons. The molecule has 1 heterocycles. The van der Waals surface area contributed by atoms with Gasteiger partial charge in [-0.05, 0) is 24.0 Å². The summed E-state index contributed by atoms with van der Waals surface area (Å²) < 4.78 is 9.54. The largest absolute Gasteiger partial charge is 0.469 e. The molecular weight excluding hydrogens is 422 g/mol. The van der Waals surface area contributed by atoms with E-state index >= 15 is 0 Å². The fourth-order valence-corrected chi connectivity index (χ4v) is 4.41. The Balaban J connectivity index is 2.01. The number of likely N-dealkylation sites (tertiary alicyclic amines) is 1. The van der Waals surface area contributed by atoms with Crippen molar-refractivity contribution in [1.82, 2.24) is 4.90 Å².